The van der Waals surface area contributed by atoms with Crippen LogP contribution in [0.2, 0.25) is 0 Å². The van der Waals surface area contributed by atoms with Crippen molar-refractivity contribution in [1.82, 2.24) is 0 Å². The van der Waals surface area contributed by atoms with Gasteiger partial charge in [-0.15, -0.1) is 0 Å². The molecule has 1 aliphatic rings. The Morgan fingerprint density at radius 1 is 1.43 bits per heavy atom. The van der Waals surface area contributed by atoms with Crippen molar-refractivity contribution >= 4 is 21.8 Å². The first-order chi connectivity index (χ1) is 6.68. The second-order valence-electron chi connectivity index (χ2n) is 3.31. The number of hydrogen-bond donors (Lipinski definition) is 1. The zero-order chi connectivity index (χ0) is 10.1. The number of halogens is 1. The second kappa shape index (κ2) is 3.71. The van der Waals surface area contributed by atoms with Gasteiger partial charge in [0.05, 0.1) is 6.61 Å². The predicted octanol–water partition coefficient (Wildman–Crippen LogP) is 1.42. The van der Waals surface area contributed by atoms with Crippen molar-refractivity contribution in [2.45, 2.75) is 12.0 Å². The van der Waals surface area contributed by atoms with Crippen LogP contribution in [0.15, 0.2) is 28.7 Å². The van der Waals surface area contributed by atoms with Crippen LogP contribution in [0.4, 0.5) is 0 Å². The van der Waals surface area contributed by atoms with Crippen molar-refractivity contribution in [3.05, 3.63) is 34.3 Å². The largest absolute Gasteiger partial charge is 0.367 e. The summed E-state index contributed by atoms with van der Waals surface area (Å²) in [5, 5.41) is 0. The lowest BCUT2D eigenvalue weighted by atomic mass is 9.89. The van der Waals surface area contributed by atoms with Gasteiger partial charge < -0.3 is 10.5 Å². The molecule has 0 saturated carbocycles. The van der Waals surface area contributed by atoms with Crippen LogP contribution in [0.3, 0.4) is 0 Å². The average Bonchev–Trinajstić information content (AvgIpc) is 2.05. The molecule has 0 radical (unpaired) electrons. The number of primary amides is 1. The molecule has 14 heavy (non-hydrogen) atoms. The van der Waals surface area contributed by atoms with Gasteiger partial charge in [0.2, 0.25) is 5.91 Å². The van der Waals surface area contributed by atoms with Crippen molar-refractivity contribution in [2.24, 2.45) is 5.73 Å². The topological polar surface area (TPSA) is 52.3 Å². The molecule has 1 fully saturated rings. The van der Waals surface area contributed by atoms with Gasteiger partial charge in [-0.1, -0.05) is 28.1 Å². The Hall–Kier alpha value is -0.870. The van der Waals surface area contributed by atoms with Crippen LogP contribution in [0.1, 0.15) is 11.5 Å². The predicted molar refractivity (Wildman–Crippen MR) is 55.8 cm³/mol. The van der Waals surface area contributed by atoms with Gasteiger partial charge in [0.25, 0.3) is 0 Å². The highest BCUT2D eigenvalue weighted by Crippen LogP contribution is 2.31. The Morgan fingerprint density at radius 2 is 2.07 bits per heavy atom. The summed E-state index contributed by atoms with van der Waals surface area (Å²) in [7, 11) is 0. The van der Waals surface area contributed by atoms with Crippen molar-refractivity contribution in [2.75, 3.05) is 6.61 Å². The molecule has 1 heterocycles. The molecule has 1 amide bonds. The van der Waals surface area contributed by atoms with Crippen LogP contribution < -0.4 is 5.73 Å². The first-order valence-corrected chi connectivity index (χ1v) is 5.14. The minimum absolute atomic E-state index is 0.126. The molecule has 2 rings (SSSR count). The SMILES string of the molecule is NC(=O)C1OCC1c1ccc(Br)cc1. The summed E-state index contributed by atoms with van der Waals surface area (Å²) in [6.07, 6.45) is -0.448. The molecule has 1 aromatic carbocycles. The Labute approximate surface area is 90.4 Å². The first-order valence-electron chi connectivity index (χ1n) is 4.35. The Bertz CT molecular complexity index is 350. The summed E-state index contributed by atoms with van der Waals surface area (Å²) < 4.78 is 6.13. The van der Waals surface area contributed by atoms with Crippen LogP contribution in [0.25, 0.3) is 0 Å². The van der Waals surface area contributed by atoms with Crippen molar-refractivity contribution < 1.29 is 9.53 Å². The molecule has 0 aliphatic carbocycles. The zero-order valence-corrected chi connectivity index (χ0v) is 9.03. The number of ether oxygens (including phenoxy) is 1. The lowest BCUT2D eigenvalue weighted by molar-refractivity contribution is -0.146. The highest BCUT2D eigenvalue weighted by atomic mass is 79.9. The maximum atomic E-state index is 10.9. The number of carbonyl (C=O) groups is 1. The van der Waals surface area contributed by atoms with E-state index in [1.165, 1.54) is 0 Å². The summed E-state index contributed by atoms with van der Waals surface area (Å²) in [6, 6.07) is 7.86. The number of nitrogens with two attached hydrogens (primary N) is 1. The third-order valence-electron chi connectivity index (χ3n) is 2.40. The third-order valence-corrected chi connectivity index (χ3v) is 2.93. The molecule has 2 N–H and O–H groups in total. The maximum Gasteiger partial charge on any atom is 0.247 e. The molecule has 0 spiro atoms. The maximum absolute atomic E-state index is 10.9. The molecule has 2 atom stereocenters. The summed E-state index contributed by atoms with van der Waals surface area (Å²) in [5.74, 6) is -0.259. The number of carbonyl (C=O) groups excluding carboxylic acids is 1. The highest BCUT2D eigenvalue weighted by Gasteiger charge is 2.37. The van der Waals surface area contributed by atoms with Crippen molar-refractivity contribution in [3.63, 3.8) is 0 Å². The third kappa shape index (κ3) is 1.67. The standard InChI is InChI=1S/C10H10BrNO2/c11-7-3-1-6(2-4-7)8-5-14-9(8)10(12)13/h1-4,8-9H,5H2,(H2,12,13). The van der Waals surface area contributed by atoms with E-state index in [0.29, 0.717) is 6.61 Å². The molecule has 1 saturated heterocycles. The minimum Gasteiger partial charge on any atom is -0.367 e. The van der Waals surface area contributed by atoms with Gasteiger partial charge in [0, 0.05) is 10.4 Å². The zero-order valence-electron chi connectivity index (χ0n) is 7.44. The normalized spacial score (nSPS) is 25.5. The van der Waals surface area contributed by atoms with E-state index in [-0.39, 0.29) is 11.8 Å². The lowest BCUT2D eigenvalue weighted by Gasteiger charge is -2.34. The molecule has 0 bridgehead atoms. The van der Waals surface area contributed by atoms with Crippen LogP contribution in [0.5, 0.6) is 0 Å². The Balaban J connectivity index is 2.16. The molecular weight excluding hydrogens is 246 g/mol. The average molecular weight is 256 g/mol. The molecule has 1 aromatic rings. The fraction of sp³-hybridized carbons (Fsp3) is 0.300. The van der Waals surface area contributed by atoms with Crippen molar-refractivity contribution in [3.8, 4) is 0 Å². The quantitative estimate of drug-likeness (QED) is 0.869. The molecule has 1 aliphatic heterocycles. The highest BCUT2D eigenvalue weighted by molar-refractivity contribution is 9.10. The summed E-state index contributed by atoms with van der Waals surface area (Å²) >= 11 is 3.36. The second-order valence-corrected chi connectivity index (χ2v) is 4.23. The van der Waals surface area contributed by atoms with Gasteiger partial charge in [-0.2, -0.15) is 0 Å². The van der Waals surface area contributed by atoms with E-state index in [0.717, 1.165) is 10.0 Å². The molecule has 74 valence electrons. The fourth-order valence-electron chi connectivity index (χ4n) is 1.55. The van der Waals surface area contributed by atoms with Gasteiger partial charge in [-0.3, -0.25) is 4.79 Å². The smallest absolute Gasteiger partial charge is 0.247 e. The van der Waals surface area contributed by atoms with E-state index < -0.39 is 6.10 Å². The number of benzene rings is 1. The monoisotopic (exact) mass is 255 g/mol. The van der Waals surface area contributed by atoms with Gasteiger partial charge >= 0.3 is 0 Å². The Kier molecular flexibility index (Phi) is 2.56. The fourth-order valence-corrected chi connectivity index (χ4v) is 1.81. The number of rotatable bonds is 2. The van der Waals surface area contributed by atoms with Gasteiger partial charge in [-0.05, 0) is 17.7 Å². The molecule has 2 unspecified atom stereocenters. The summed E-state index contributed by atoms with van der Waals surface area (Å²) in [6.45, 7) is 0.579. The molecule has 0 aromatic heterocycles. The van der Waals surface area contributed by atoms with E-state index in [9.17, 15) is 4.79 Å². The van der Waals surface area contributed by atoms with Crippen LogP contribution in [0, 0.1) is 0 Å². The van der Waals surface area contributed by atoms with E-state index in [1.807, 2.05) is 24.3 Å². The van der Waals surface area contributed by atoms with E-state index >= 15 is 0 Å². The molecule has 3 nitrogen and oxygen atoms in total. The van der Waals surface area contributed by atoms with E-state index in [4.69, 9.17) is 10.5 Å². The number of amides is 1. The molecular formula is C10H10BrNO2. The first kappa shape index (κ1) is 9.68. The molecule has 4 heteroatoms. The van der Waals surface area contributed by atoms with Crippen molar-refractivity contribution in [1.29, 1.82) is 0 Å². The van der Waals surface area contributed by atoms with Gasteiger partial charge in [0.1, 0.15) is 6.10 Å². The van der Waals surface area contributed by atoms with Crippen LogP contribution in [-0.2, 0) is 9.53 Å². The van der Waals surface area contributed by atoms with E-state index in [1.54, 1.807) is 0 Å². The summed E-state index contributed by atoms with van der Waals surface area (Å²) in [5.41, 5.74) is 6.28. The van der Waals surface area contributed by atoms with E-state index in [2.05, 4.69) is 15.9 Å². The Morgan fingerprint density at radius 3 is 2.50 bits per heavy atom. The minimum atomic E-state index is -0.448. The summed E-state index contributed by atoms with van der Waals surface area (Å²) in [4.78, 5) is 10.9. The van der Waals surface area contributed by atoms with Crippen LogP contribution >= 0.6 is 15.9 Å². The lowest BCUT2D eigenvalue weighted by Crippen LogP contribution is -2.47. The van der Waals surface area contributed by atoms with Gasteiger partial charge in [0.15, 0.2) is 0 Å². The number of hydrogen-bond acceptors (Lipinski definition) is 2. The van der Waals surface area contributed by atoms with Crippen LogP contribution in [-0.4, -0.2) is 18.6 Å². The van der Waals surface area contributed by atoms with Gasteiger partial charge in [-0.25, -0.2) is 0 Å².